The molecule has 23 heavy (non-hydrogen) atoms. The monoisotopic (exact) mass is 335 g/mol. The van der Waals surface area contributed by atoms with Crippen LogP contribution in [-0.2, 0) is 23.9 Å². The van der Waals surface area contributed by atoms with Crippen molar-refractivity contribution < 1.29 is 9.90 Å². The van der Waals surface area contributed by atoms with Crippen molar-refractivity contribution in [1.82, 2.24) is 15.1 Å². The van der Waals surface area contributed by atoms with Crippen LogP contribution >= 0.6 is 11.3 Å². The van der Waals surface area contributed by atoms with Gasteiger partial charge in [0.05, 0.1) is 12.2 Å². The number of carbonyl (C=O) groups is 1. The van der Waals surface area contributed by atoms with Crippen molar-refractivity contribution in [3.8, 4) is 0 Å². The van der Waals surface area contributed by atoms with E-state index in [2.05, 4.69) is 10.4 Å². The summed E-state index contributed by atoms with van der Waals surface area (Å²) in [5.41, 5.74) is 2.15. The smallest absolute Gasteiger partial charge is 0.223 e. The van der Waals surface area contributed by atoms with E-state index in [1.54, 1.807) is 6.92 Å². The van der Waals surface area contributed by atoms with Gasteiger partial charge in [-0.25, -0.2) is 0 Å². The number of aromatic nitrogens is 2. The predicted molar refractivity (Wildman–Crippen MR) is 92.4 cm³/mol. The van der Waals surface area contributed by atoms with Gasteiger partial charge in [-0.05, 0) is 44.2 Å². The maximum absolute atomic E-state index is 12.3. The topological polar surface area (TPSA) is 67.2 Å². The van der Waals surface area contributed by atoms with E-state index in [1.807, 2.05) is 50.0 Å². The fourth-order valence-electron chi connectivity index (χ4n) is 2.62. The van der Waals surface area contributed by atoms with Crippen LogP contribution in [0.3, 0.4) is 0 Å². The van der Waals surface area contributed by atoms with Gasteiger partial charge >= 0.3 is 0 Å². The summed E-state index contributed by atoms with van der Waals surface area (Å²) in [7, 11) is 1.91. The SMILES string of the molecule is Cc1nn(C)c(C)c1CC(C)C(=O)NCC(C)(O)c1cccs1. The molecule has 0 fully saturated rings. The second-order valence-electron chi connectivity index (χ2n) is 6.35. The number of amides is 1. The number of aryl methyl sites for hydroxylation is 2. The van der Waals surface area contributed by atoms with E-state index in [4.69, 9.17) is 0 Å². The highest BCUT2D eigenvalue weighted by molar-refractivity contribution is 7.10. The zero-order valence-corrected chi connectivity index (χ0v) is 15.2. The largest absolute Gasteiger partial charge is 0.383 e. The minimum atomic E-state index is -1.04. The highest BCUT2D eigenvalue weighted by Gasteiger charge is 2.26. The molecule has 0 spiro atoms. The molecule has 6 heteroatoms. The minimum absolute atomic E-state index is 0.0514. The fraction of sp³-hybridized carbons (Fsp3) is 0.529. The molecule has 2 aromatic heterocycles. The molecular weight excluding hydrogens is 310 g/mol. The highest BCUT2D eigenvalue weighted by Crippen LogP contribution is 2.24. The van der Waals surface area contributed by atoms with Crippen molar-refractivity contribution in [3.05, 3.63) is 39.3 Å². The highest BCUT2D eigenvalue weighted by atomic mass is 32.1. The van der Waals surface area contributed by atoms with Crippen LogP contribution in [0.15, 0.2) is 17.5 Å². The summed E-state index contributed by atoms with van der Waals surface area (Å²) in [4.78, 5) is 13.2. The molecule has 0 bridgehead atoms. The van der Waals surface area contributed by atoms with Gasteiger partial charge in [0.1, 0.15) is 5.60 Å². The van der Waals surface area contributed by atoms with E-state index in [1.165, 1.54) is 11.3 Å². The average molecular weight is 335 g/mol. The predicted octanol–water partition coefficient (Wildman–Crippen LogP) is 2.30. The van der Waals surface area contributed by atoms with Crippen molar-refractivity contribution in [2.45, 2.75) is 39.7 Å². The fourth-order valence-corrected chi connectivity index (χ4v) is 3.40. The lowest BCUT2D eigenvalue weighted by Gasteiger charge is -2.23. The van der Waals surface area contributed by atoms with Crippen LogP contribution in [0.2, 0.25) is 0 Å². The number of nitrogens with zero attached hydrogens (tertiary/aromatic N) is 2. The summed E-state index contributed by atoms with van der Waals surface area (Å²) >= 11 is 1.49. The first-order valence-corrected chi connectivity index (χ1v) is 8.63. The molecule has 5 nitrogen and oxygen atoms in total. The summed E-state index contributed by atoms with van der Waals surface area (Å²) in [6.45, 7) is 7.82. The number of rotatable bonds is 6. The van der Waals surface area contributed by atoms with Gasteiger partial charge in [-0.1, -0.05) is 13.0 Å². The summed E-state index contributed by atoms with van der Waals surface area (Å²) in [5, 5.41) is 19.6. The lowest BCUT2D eigenvalue weighted by Crippen LogP contribution is -2.40. The molecule has 2 heterocycles. The molecular formula is C17H25N3O2S. The van der Waals surface area contributed by atoms with Crippen LogP contribution in [0.1, 0.15) is 35.7 Å². The van der Waals surface area contributed by atoms with Gasteiger partial charge in [-0.3, -0.25) is 9.48 Å². The third-order valence-electron chi connectivity index (χ3n) is 4.28. The Kier molecular flexibility index (Phi) is 5.26. The first kappa shape index (κ1) is 17.7. The molecule has 2 N–H and O–H groups in total. The molecule has 0 aromatic carbocycles. The van der Waals surface area contributed by atoms with Gasteiger partial charge in [0.15, 0.2) is 0 Å². The first-order chi connectivity index (χ1) is 10.7. The molecule has 1 amide bonds. The van der Waals surface area contributed by atoms with E-state index >= 15 is 0 Å². The zero-order chi connectivity index (χ0) is 17.2. The normalized spacial score (nSPS) is 15.2. The molecule has 0 saturated heterocycles. The van der Waals surface area contributed by atoms with Crippen LogP contribution in [0, 0.1) is 19.8 Å². The van der Waals surface area contributed by atoms with Crippen molar-refractivity contribution in [3.63, 3.8) is 0 Å². The minimum Gasteiger partial charge on any atom is -0.383 e. The van der Waals surface area contributed by atoms with Crippen molar-refractivity contribution >= 4 is 17.2 Å². The Morgan fingerprint density at radius 2 is 2.22 bits per heavy atom. The second-order valence-corrected chi connectivity index (χ2v) is 7.29. The van der Waals surface area contributed by atoms with Crippen molar-refractivity contribution in [2.75, 3.05) is 6.54 Å². The van der Waals surface area contributed by atoms with Crippen LogP contribution < -0.4 is 5.32 Å². The molecule has 2 rings (SSSR count). The maximum atomic E-state index is 12.3. The average Bonchev–Trinajstić information content (AvgIpc) is 3.10. The first-order valence-electron chi connectivity index (χ1n) is 7.75. The Hall–Kier alpha value is -1.66. The Bertz CT molecular complexity index is 674. The van der Waals surface area contributed by atoms with E-state index in [-0.39, 0.29) is 18.4 Å². The summed E-state index contributed by atoms with van der Waals surface area (Å²) in [6.07, 6.45) is 0.651. The van der Waals surface area contributed by atoms with Crippen molar-refractivity contribution in [1.29, 1.82) is 0 Å². The summed E-state index contributed by atoms with van der Waals surface area (Å²) < 4.78 is 1.84. The summed E-state index contributed by atoms with van der Waals surface area (Å²) in [6, 6.07) is 3.77. The van der Waals surface area contributed by atoms with E-state index in [9.17, 15) is 9.90 Å². The Morgan fingerprint density at radius 3 is 2.74 bits per heavy atom. The number of nitrogens with one attached hydrogen (secondary N) is 1. The summed E-state index contributed by atoms with van der Waals surface area (Å²) in [5.74, 6) is -0.222. The second kappa shape index (κ2) is 6.84. The lowest BCUT2D eigenvalue weighted by atomic mass is 9.98. The van der Waals surface area contributed by atoms with Gasteiger partial charge in [-0.15, -0.1) is 11.3 Å². The van der Waals surface area contributed by atoms with Crippen LogP contribution in [0.5, 0.6) is 0 Å². The van der Waals surface area contributed by atoms with E-state index in [0.717, 1.165) is 21.8 Å². The number of hydrogen-bond acceptors (Lipinski definition) is 4. The molecule has 0 aliphatic rings. The number of aliphatic hydroxyl groups is 1. The number of carbonyl (C=O) groups excluding carboxylic acids is 1. The number of hydrogen-bond donors (Lipinski definition) is 2. The van der Waals surface area contributed by atoms with Crippen molar-refractivity contribution in [2.24, 2.45) is 13.0 Å². The molecule has 126 valence electrons. The van der Waals surface area contributed by atoms with Crippen LogP contribution in [0.25, 0.3) is 0 Å². The molecule has 2 aromatic rings. The Labute approximate surface area is 141 Å². The van der Waals surface area contributed by atoms with E-state index in [0.29, 0.717) is 6.42 Å². The van der Waals surface area contributed by atoms with Gasteiger partial charge in [0.2, 0.25) is 5.91 Å². The molecule has 0 saturated carbocycles. The quantitative estimate of drug-likeness (QED) is 0.851. The molecule has 0 aliphatic heterocycles. The van der Waals surface area contributed by atoms with E-state index < -0.39 is 5.60 Å². The Morgan fingerprint density at radius 1 is 1.52 bits per heavy atom. The third-order valence-corrected chi connectivity index (χ3v) is 5.40. The molecule has 2 atom stereocenters. The maximum Gasteiger partial charge on any atom is 0.223 e. The number of thiophene rings is 1. The van der Waals surface area contributed by atoms with Crippen LogP contribution in [0.4, 0.5) is 0 Å². The molecule has 0 aliphatic carbocycles. The standard InChI is InChI=1S/C17H25N3O2S/c1-11(9-14-12(2)19-20(5)13(14)3)16(21)18-10-17(4,22)15-7-6-8-23-15/h6-8,11,22H,9-10H2,1-5H3,(H,18,21). The van der Waals surface area contributed by atoms with Gasteiger partial charge in [0.25, 0.3) is 0 Å². The molecule has 2 unspecified atom stereocenters. The zero-order valence-electron chi connectivity index (χ0n) is 14.4. The Balaban J connectivity index is 1.95. The molecule has 0 radical (unpaired) electrons. The van der Waals surface area contributed by atoms with Gasteiger partial charge in [-0.2, -0.15) is 5.10 Å². The van der Waals surface area contributed by atoms with Gasteiger partial charge < -0.3 is 10.4 Å². The lowest BCUT2D eigenvalue weighted by molar-refractivity contribution is -0.125. The van der Waals surface area contributed by atoms with Gasteiger partial charge in [0, 0.05) is 23.5 Å². The van der Waals surface area contributed by atoms with Crippen LogP contribution in [-0.4, -0.2) is 27.3 Å². The third kappa shape index (κ3) is 4.00.